The van der Waals surface area contributed by atoms with Crippen LogP contribution in [0, 0.1) is 0 Å². The lowest BCUT2D eigenvalue weighted by Gasteiger charge is -2.13. The summed E-state index contributed by atoms with van der Waals surface area (Å²) < 4.78 is 36.4. The van der Waals surface area contributed by atoms with Gasteiger partial charge in [-0.05, 0) is 42.2 Å². The van der Waals surface area contributed by atoms with Gasteiger partial charge >= 0.3 is 6.61 Å². The Morgan fingerprint density at radius 2 is 2.00 bits per heavy atom. The summed E-state index contributed by atoms with van der Waals surface area (Å²) in [6, 6.07) is 10.3. The van der Waals surface area contributed by atoms with E-state index in [0.29, 0.717) is 24.3 Å². The minimum Gasteiger partial charge on any atom is -0.493 e. The number of hydrogen-bond acceptors (Lipinski definition) is 5. The van der Waals surface area contributed by atoms with Gasteiger partial charge in [0, 0.05) is 12.7 Å². The third-order valence-corrected chi connectivity index (χ3v) is 4.61. The van der Waals surface area contributed by atoms with Crippen molar-refractivity contribution in [2.24, 2.45) is 0 Å². The molecule has 2 aromatic heterocycles. The van der Waals surface area contributed by atoms with Gasteiger partial charge in [0.15, 0.2) is 17.3 Å². The number of carbonyl (C=O) groups is 1. The molecule has 0 bridgehead atoms. The second-order valence-corrected chi connectivity index (χ2v) is 7.07. The third-order valence-electron chi connectivity index (χ3n) is 4.61. The molecule has 0 radical (unpaired) electrons. The molecule has 164 valence electrons. The molecule has 3 rings (SSSR count). The largest absolute Gasteiger partial charge is 0.493 e. The Hall–Kier alpha value is -3.49. The number of methoxy groups -OCH3 is 1. The highest BCUT2D eigenvalue weighted by Gasteiger charge is 2.21. The molecule has 0 aliphatic heterocycles. The van der Waals surface area contributed by atoms with Gasteiger partial charge in [-0.1, -0.05) is 26.0 Å². The number of ether oxygens (including phenoxy) is 2. The molecule has 1 N–H and O–H groups in total. The van der Waals surface area contributed by atoms with Crippen molar-refractivity contribution in [3.63, 3.8) is 0 Å². The van der Waals surface area contributed by atoms with Gasteiger partial charge in [-0.3, -0.25) is 4.79 Å². The van der Waals surface area contributed by atoms with Crippen LogP contribution in [0.15, 0.2) is 48.8 Å². The van der Waals surface area contributed by atoms with E-state index < -0.39 is 6.61 Å². The lowest BCUT2D eigenvalue weighted by molar-refractivity contribution is -0.0512. The summed E-state index contributed by atoms with van der Waals surface area (Å²) in [4.78, 5) is 17.1. The second-order valence-electron chi connectivity index (χ2n) is 7.07. The van der Waals surface area contributed by atoms with Crippen molar-refractivity contribution in [1.82, 2.24) is 20.1 Å². The number of halogens is 2. The first-order valence-electron chi connectivity index (χ1n) is 9.80. The summed E-state index contributed by atoms with van der Waals surface area (Å²) in [5.41, 5.74) is 1.95. The van der Waals surface area contributed by atoms with Crippen molar-refractivity contribution in [2.45, 2.75) is 32.8 Å². The van der Waals surface area contributed by atoms with E-state index in [9.17, 15) is 13.6 Å². The standard InChI is InChI=1S/C22H24F2N4O3/c1-14(2)20-16(13-27-28(20)19-6-4-5-10-25-19)21(29)26-11-9-15-7-8-17(30-3)18(12-15)31-22(23)24/h4-8,10,12-14,22H,9,11H2,1-3H3,(H,26,29). The van der Waals surface area contributed by atoms with Crippen molar-refractivity contribution in [2.75, 3.05) is 13.7 Å². The van der Waals surface area contributed by atoms with E-state index in [1.165, 1.54) is 19.4 Å². The summed E-state index contributed by atoms with van der Waals surface area (Å²) in [6.07, 6.45) is 3.63. The molecule has 7 nitrogen and oxygen atoms in total. The van der Waals surface area contributed by atoms with E-state index in [1.54, 1.807) is 23.0 Å². The monoisotopic (exact) mass is 430 g/mol. The van der Waals surface area contributed by atoms with Gasteiger partial charge in [0.25, 0.3) is 5.91 Å². The Morgan fingerprint density at radius 3 is 2.65 bits per heavy atom. The molecule has 9 heteroatoms. The molecule has 0 unspecified atom stereocenters. The molecule has 1 aromatic carbocycles. The zero-order chi connectivity index (χ0) is 22.4. The predicted octanol–water partition coefficient (Wildman–Crippen LogP) is 3.97. The van der Waals surface area contributed by atoms with Crippen LogP contribution in [0.1, 0.15) is 41.4 Å². The number of aromatic nitrogens is 3. The van der Waals surface area contributed by atoms with Crippen molar-refractivity contribution >= 4 is 5.91 Å². The van der Waals surface area contributed by atoms with Gasteiger partial charge in [0.2, 0.25) is 0 Å². The molecule has 0 aliphatic rings. The SMILES string of the molecule is COc1ccc(CCNC(=O)c2cnn(-c3ccccn3)c2C(C)C)cc1OC(F)F. The fourth-order valence-corrected chi connectivity index (χ4v) is 3.23. The molecule has 0 atom stereocenters. The Labute approximate surface area is 179 Å². The van der Waals surface area contributed by atoms with Crippen LogP contribution in [-0.4, -0.2) is 40.9 Å². The zero-order valence-electron chi connectivity index (χ0n) is 17.5. The van der Waals surface area contributed by atoms with Crippen molar-refractivity contribution < 1.29 is 23.0 Å². The molecule has 0 fully saturated rings. The minimum atomic E-state index is -2.95. The fraction of sp³-hybridized carbons (Fsp3) is 0.318. The highest BCUT2D eigenvalue weighted by Crippen LogP contribution is 2.29. The predicted molar refractivity (Wildman–Crippen MR) is 111 cm³/mol. The quantitative estimate of drug-likeness (QED) is 0.556. The van der Waals surface area contributed by atoms with Crippen LogP contribution < -0.4 is 14.8 Å². The molecule has 0 spiro atoms. The molecule has 0 saturated heterocycles. The van der Waals surface area contributed by atoms with Crippen LogP contribution in [-0.2, 0) is 6.42 Å². The number of pyridine rings is 1. The molecule has 2 heterocycles. The maximum absolute atomic E-state index is 12.8. The lowest BCUT2D eigenvalue weighted by Crippen LogP contribution is -2.26. The zero-order valence-corrected chi connectivity index (χ0v) is 17.5. The number of nitrogens with one attached hydrogen (secondary N) is 1. The van der Waals surface area contributed by atoms with Gasteiger partial charge in [-0.2, -0.15) is 13.9 Å². The number of alkyl halides is 2. The molecular formula is C22H24F2N4O3. The maximum Gasteiger partial charge on any atom is 0.387 e. The number of carbonyl (C=O) groups excluding carboxylic acids is 1. The molecule has 0 saturated carbocycles. The van der Waals surface area contributed by atoms with Gasteiger partial charge in [0.05, 0.1) is 24.6 Å². The highest BCUT2D eigenvalue weighted by molar-refractivity contribution is 5.95. The molecule has 31 heavy (non-hydrogen) atoms. The number of nitrogens with zero attached hydrogens (tertiary/aromatic N) is 3. The van der Waals surface area contributed by atoms with E-state index in [0.717, 1.165) is 11.3 Å². The van der Waals surface area contributed by atoms with Crippen LogP contribution in [0.4, 0.5) is 8.78 Å². The average Bonchev–Trinajstić information content (AvgIpc) is 3.20. The normalized spacial score (nSPS) is 11.1. The van der Waals surface area contributed by atoms with Crippen LogP contribution in [0.5, 0.6) is 11.5 Å². The number of amides is 1. The summed E-state index contributed by atoms with van der Waals surface area (Å²) in [5, 5.41) is 7.21. The summed E-state index contributed by atoms with van der Waals surface area (Å²) in [6.45, 7) is 1.32. The Bertz CT molecular complexity index is 1020. The van der Waals surface area contributed by atoms with Gasteiger partial charge < -0.3 is 14.8 Å². The average molecular weight is 430 g/mol. The maximum atomic E-state index is 12.8. The van der Waals surface area contributed by atoms with Crippen LogP contribution in [0.3, 0.4) is 0 Å². The Balaban J connectivity index is 1.70. The fourth-order valence-electron chi connectivity index (χ4n) is 3.23. The number of benzene rings is 1. The summed E-state index contributed by atoms with van der Waals surface area (Å²) in [5.74, 6) is 0.594. The molecule has 0 aliphatic carbocycles. The van der Waals surface area contributed by atoms with E-state index in [2.05, 4.69) is 20.1 Å². The molecule has 3 aromatic rings. The smallest absolute Gasteiger partial charge is 0.387 e. The number of hydrogen-bond donors (Lipinski definition) is 1. The molecule has 1 amide bonds. The van der Waals surface area contributed by atoms with Gasteiger partial charge in [-0.15, -0.1) is 0 Å². The van der Waals surface area contributed by atoms with E-state index >= 15 is 0 Å². The minimum absolute atomic E-state index is 0.0416. The summed E-state index contributed by atoms with van der Waals surface area (Å²) in [7, 11) is 1.38. The third kappa shape index (κ3) is 5.36. The van der Waals surface area contributed by atoms with Crippen LogP contribution in [0.25, 0.3) is 5.82 Å². The van der Waals surface area contributed by atoms with Crippen molar-refractivity contribution in [3.05, 3.63) is 65.6 Å². The van der Waals surface area contributed by atoms with Crippen LogP contribution >= 0.6 is 0 Å². The van der Waals surface area contributed by atoms with Crippen molar-refractivity contribution in [3.8, 4) is 17.3 Å². The van der Waals surface area contributed by atoms with E-state index in [1.807, 2.05) is 32.0 Å². The topological polar surface area (TPSA) is 78.3 Å². The van der Waals surface area contributed by atoms with E-state index in [-0.39, 0.29) is 23.3 Å². The first-order chi connectivity index (χ1) is 14.9. The molecular weight excluding hydrogens is 406 g/mol. The Morgan fingerprint density at radius 1 is 1.19 bits per heavy atom. The van der Waals surface area contributed by atoms with Gasteiger partial charge in [0.1, 0.15) is 0 Å². The lowest BCUT2D eigenvalue weighted by atomic mass is 10.1. The van der Waals surface area contributed by atoms with Crippen molar-refractivity contribution in [1.29, 1.82) is 0 Å². The Kier molecular flexibility index (Phi) is 7.17. The van der Waals surface area contributed by atoms with Crippen LogP contribution in [0.2, 0.25) is 0 Å². The summed E-state index contributed by atoms with van der Waals surface area (Å²) >= 11 is 0. The number of rotatable bonds is 9. The van der Waals surface area contributed by atoms with E-state index in [4.69, 9.17) is 4.74 Å². The first kappa shape index (κ1) is 22.2. The first-order valence-corrected chi connectivity index (χ1v) is 9.80. The second kappa shape index (κ2) is 10.0. The highest BCUT2D eigenvalue weighted by atomic mass is 19.3. The van der Waals surface area contributed by atoms with Gasteiger partial charge in [-0.25, -0.2) is 9.67 Å².